The lowest BCUT2D eigenvalue weighted by molar-refractivity contribution is -0.133. The van der Waals surface area contributed by atoms with Gasteiger partial charge >= 0.3 is 0 Å². The van der Waals surface area contributed by atoms with Crippen LogP contribution in [0.3, 0.4) is 0 Å². The number of nitrogens with zero attached hydrogens (tertiary/aromatic N) is 7. The predicted octanol–water partition coefficient (Wildman–Crippen LogP) is 7.02. The summed E-state index contributed by atoms with van der Waals surface area (Å²) in [5.41, 5.74) is 2.46. The third-order valence-electron chi connectivity index (χ3n) is 10.5. The minimum Gasteiger partial charge on any atom is -0.490 e. The van der Waals surface area contributed by atoms with E-state index in [0.29, 0.717) is 33.8 Å². The van der Waals surface area contributed by atoms with Crippen LogP contribution in [0.25, 0.3) is 5.00 Å². The molecule has 0 saturated carbocycles. The zero-order valence-corrected chi connectivity index (χ0v) is 33.6. The highest BCUT2D eigenvalue weighted by Crippen LogP contribution is 2.42. The molecule has 54 heavy (non-hydrogen) atoms. The van der Waals surface area contributed by atoms with Gasteiger partial charge < -0.3 is 19.9 Å². The molecule has 0 spiro atoms. The second-order valence-corrected chi connectivity index (χ2v) is 16.4. The standard InChI is InChI=1S/C39H42Cl2N8O4S/c1-22-23(2)54-36-33(22)34(25-9-11-26(41)12-10-25)43-28(35-46-45-24(3)49(35)36)20-31(50)44-39(6,7)38(4,5)37(52)48-17-18-53-30-14-13-27(19-29(30)48)47(16-8-15-42)32(51)21-40/h9-14,19,28H,8,16-18,20-21H2,1-7H3,(H,44,50)/t28-/m0/s1. The van der Waals surface area contributed by atoms with Crippen molar-refractivity contribution in [3.8, 4) is 16.8 Å². The lowest BCUT2D eigenvalue weighted by atomic mass is 9.73. The number of aromatic nitrogens is 3. The number of hydrogen-bond donors (Lipinski definition) is 1. The van der Waals surface area contributed by atoms with E-state index in [4.69, 9.17) is 32.9 Å². The number of aryl methyl sites for hydroxylation is 2. The van der Waals surface area contributed by atoms with E-state index >= 15 is 0 Å². The van der Waals surface area contributed by atoms with E-state index in [1.165, 1.54) is 4.90 Å². The number of nitriles is 1. The van der Waals surface area contributed by atoms with Crippen molar-refractivity contribution in [3.63, 3.8) is 0 Å². The van der Waals surface area contributed by atoms with Crippen LogP contribution >= 0.6 is 34.5 Å². The number of nitrogens with one attached hydrogen (secondary N) is 1. The van der Waals surface area contributed by atoms with Gasteiger partial charge in [0, 0.05) is 38.8 Å². The highest BCUT2D eigenvalue weighted by Gasteiger charge is 2.48. The smallest absolute Gasteiger partial charge is 0.241 e. The van der Waals surface area contributed by atoms with Crippen molar-refractivity contribution < 1.29 is 19.1 Å². The van der Waals surface area contributed by atoms with Gasteiger partial charge in [0.1, 0.15) is 35.1 Å². The Labute approximate surface area is 328 Å². The first-order chi connectivity index (χ1) is 25.6. The average molecular weight is 790 g/mol. The molecule has 0 radical (unpaired) electrons. The van der Waals surface area contributed by atoms with Crippen molar-refractivity contribution in [2.24, 2.45) is 10.4 Å². The summed E-state index contributed by atoms with van der Waals surface area (Å²) < 4.78 is 7.89. The van der Waals surface area contributed by atoms with Gasteiger partial charge in [0.2, 0.25) is 17.7 Å². The van der Waals surface area contributed by atoms with Crippen LogP contribution in [0.5, 0.6) is 5.75 Å². The number of amides is 3. The Balaban J connectivity index is 1.29. The number of ether oxygens (including phenoxy) is 1. The first kappa shape index (κ1) is 38.9. The van der Waals surface area contributed by atoms with Crippen LogP contribution in [0.4, 0.5) is 11.4 Å². The molecule has 4 aromatic rings. The predicted molar refractivity (Wildman–Crippen MR) is 211 cm³/mol. The quantitative estimate of drug-likeness (QED) is 0.170. The fourth-order valence-electron chi connectivity index (χ4n) is 6.69. The zero-order chi connectivity index (χ0) is 39.1. The summed E-state index contributed by atoms with van der Waals surface area (Å²) in [6.45, 7) is 14.0. The first-order valence-corrected chi connectivity index (χ1v) is 19.3. The molecule has 0 aliphatic carbocycles. The maximum Gasteiger partial charge on any atom is 0.241 e. The minimum absolute atomic E-state index is 0.0488. The molecule has 2 aliphatic heterocycles. The number of alkyl halides is 1. The SMILES string of the molecule is Cc1sc2c(c1C)C(c1ccc(Cl)cc1)=N[C@@H](CC(=O)NC(C)(C)C(C)(C)C(=O)N1CCOc3ccc(N(CCC#N)C(=O)CCl)cc31)c1nnc(C)n1-2. The molecule has 2 aromatic heterocycles. The molecule has 1 N–H and O–H groups in total. The molecule has 0 fully saturated rings. The fraction of sp³-hybridized carbons (Fsp3) is 0.410. The molecule has 3 amide bonds. The van der Waals surface area contributed by atoms with E-state index in [2.05, 4.69) is 35.4 Å². The Kier molecular flexibility index (Phi) is 10.9. The highest BCUT2D eigenvalue weighted by atomic mass is 35.5. The Morgan fingerprint density at radius 1 is 1.09 bits per heavy atom. The van der Waals surface area contributed by atoms with Crippen molar-refractivity contribution in [2.45, 2.75) is 72.9 Å². The van der Waals surface area contributed by atoms with Crippen LogP contribution < -0.4 is 19.9 Å². The molecule has 1 atom stereocenters. The monoisotopic (exact) mass is 788 g/mol. The van der Waals surface area contributed by atoms with E-state index in [-0.39, 0.29) is 56.1 Å². The van der Waals surface area contributed by atoms with E-state index < -0.39 is 17.0 Å². The molecule has 15 heteroatoms. The molecular formula is C39H42Cl2N8O4S. The number of carbonyl (C=O) groups is 3. The fourth-order valence-corrected chi connectivity index (χ4v) is 8.17. The van der Waals surface area contributed by atoms with Crippen molar-refractivity contribution in [3.05, 3.63) is 80.7 Å². The van der Waals surface area contributed by atoms with E-state index in [1.807, 2.05) is 49.6 Å². The molecule has 4 heterocycles. The summed E-state index contributed by atoms with van der Waals surface area (Å²) in [6, 6.07) is 14.0. The highest BCUT2D eigenvalue weighted by molar-refractivity contribution is 7.15. The van der Waals surface area contributed by atoms with E-state index in [9.17, 15) is 19.6 Å². The molecule has 2 aliphatic rings. The van der Waals surface area contributed by atoms with Crippen molar-refractivity contribution in [1.82, 2.24) is 20.1 Å². The first-order valence-electron chi connectivity index (χ1n) is 17.6. The number of carbonyl (C=O) groups excluding carboxylic acids is 3. The number of halogens is 2. The van der Waals surface area contributed by atoms with Gasteiger partial charge in [-0.25, -0.2) is 0 Å². The molecule has 0 unspecified atom stereocenters. The van der Waals surface area contributed by atoms with Crippen LogP contribution in [0.15, 0.2) is 47.5 Å². The molecule has 12 nitrogen and oxygen atoms in total. The Bertz CT molecular complexity index is 2200. The molecule has 6 rings (SSSR count). The summed E-state index contributed by atoms with van der Waals surface area (Å²) in [4.78, 5) is 50.8. The average Bonchev–Trinajstić information content (AvgIpc) is 3.62. The third-order valence-corrected chi connectivity index (χ3v) is 12.2. The molecule has 2 aromatic carbocycles. The lowest BCUT2D eigenvalue weighted by Crippen LogP contribution is -2.61. The molecule has 0 saturated heterocycles. The van der Waals surface area contributed by atoms with Crippen molar-refractivity contribution in [1.29, 1.82) is 5.26 Å². The van der Waals surface area contributed by atoms with Crippen LogP contribution in [0.1, 0.15) is 79.8 Å². The summed E-state index contributed by atoms with van der Waals surface area (Å²) in [5, 5.41) is 22.8. The number of aliphatic imine (C=N–C) groups is 1. The number of fused-ring (bicyclic) bond motifs is 4. The topological polar surface area (TPSA) is 146 Å². The van der Waals surface area contributed by atoms with Crippen molar-refractivity contribution in [2.75, 3.05) is 35.4 Å². The summed E-state index contributed by atoms with van der Waals surface area (Å²) >= 11 is 13.8. The number of anilines is 2. The maximum atomic E-state index is 14.6. The zero-order valence-electron chi connectivity index (χ0n) is 31.3. The van der Waals surface area contributed by atoms with E-state index in [0.717, 1.165) is 32.3 Å². The third kappa shape index (κ3) is 7.10. The van der Waals surface area contributed by atoms with Crippen LogP contribution in [0, 0.1) is 37.5 Å². The van der Waals surface area contributed by atoms with Gasteiger partial charge in [-0.3, -0.25) is 23.9 Å². The number of thiophene rings is 1. The lowest BCUT2D eigenvalue weighted by Gasteiger charge is -2.44. The Morgan fingerprint density at radius 3 is 2.50 bits per heavy atom. The normalized spacial score (nSPS) is 15.1. The Hall–Kier alpha value is -4.77. The second kappa shape index (κ2) is 15.2. The van der Waals surface area contributed by atoms with Crippen LogP contribution in [-0.2, 0) is 14.4 Å². The van der Waals surface area contributed by atoms with Gasteiger partial charge in [-0.05, 0) is 84.4 Å². The maximum absolute atomic E-state index is 14.6. The molecular weight excluding hydrogens is 747 g/mol. The minimum atomic E-state index is -1.13. The number of rotatable bonds is 10. The van der Waals surface area contributed by atoms with Gasteiger partial charge in [-0.15, -0.1) is 33.1 Å². The van der Waals surface area contributed by atoms with Crippen LogP contribution in [-0.4, -0.2) is 69.3 Å². The van der Waals surface area contributed by atoms with Gasteiger partial charge in [0.05, 0.1) is 42.3 Å². The van der Waals surface area contributed by atoms with E-state index in [1.54, 1.807) is 48.3 Å². The molecule has 282 valence electrons. The summed E-state index contributed by atoms with van der Waals surface area (Å²) in [6.07, 6.45) is 0.0628. The van der Waals surface area contributed by atoms with Gasteiger partial charge in [-0.2, -0.15) is 5.26 Å². The number of hydrogen-bond acceptors (Lipinski definition) is 9. The van der Waals surface area contributed by atoms with Crippen molar-refractivity contribution >= 4 is 69.3 Å². The summed E-state index contributed by atoms with van der Waals surface area (Å²) in [5.74, 6) is 0.543. The van der Waals surface area contributed by atoms with Gasteiger partial charge in [0.25, 0.3) is 0 Å². The van der Waals surface area contributed by atoms with Crippen LogP contribution in [0.2, 0.25) is 5.02 Å². The summed E-state index contributed by atoms with van der Waals surface area (Å²) in [7, 11) is 0. The number of benzene rings is 2. The molecule has 0 bridgehead atoms. The second-order valence-electron chi connectivity index (χ2n) is 14.5. The van der Waals surface area contributed by atoms with Gasteiger partial charge in [-0.1, -0.05) is 23.7 Å². The van der Waals surface area contributed by atoms with Gasteiger partial charge in [0.15, 0.2) is 5.82 Å². The Morgan fingerprint density at radius 2 is 1.81 bits per heavy atom. The largest absolute Gasteiger partial charge is 0.490 e.